The summed E-state index contributed by atoms with van der Waals surface area (Å²) >= 11 is 0. The molecule has 0 radical (unpaired) electrons. The molecule has 4 aliphatic rings. The van der Waals surface area contributed by atoms with Gasteiger partial charge in [0.05, 0.1) is 11.1 Å². The Balaban J connectivity index is 0.000000368. The van der Waals surface area contributed by atoms with Crippen molar-refractivity contribution in [2.75, 3.05) is 52.4 Å². The molecule has 1 N–H and O–H groups in total. The van der Waals surface area contributed by atoms with Crippen LogP contribution in [0.15, 0.2) is 49.1 Å². The average Bonchev–Trinajstić information content (AvgIpc) is 3.22. The lowest BCUT2D eigenvalue weighted by molar-refractivity contribution is -0.605. The third-order valence-electron chi connectivity index (χ3n) is 10.8. The van der Waals surface area contributed by atoms with Gasteiger partial charge in [0, 0.05) is 75.1 Å². The number of alkyl halides is 3. The molecule has 6 heterocycles. The molecule has 0 atom stereocenters. The van der Waals surface area contributed by atoms with Gasteiger partial charge in [0.1, 0.15) is 5.60 Å². The molecule has 4 fully saturated rings. The number of piperidine rings is 4. The first-order valence-electron chi connectivity index (χ1n) is 20.1. The van der Waals surface area contributed by atoms with Crippen LogP contribution in [0.25, 0.3) is 0 Å². The second-order valence-electron chi connectivity index (χ2n) is 16.3. The van der Waals surface area contributed by atoms with Crippen molar-refractivity contribution < 1.29 is 56.1 Å². The molecule has 6 rings (SSSR count). The Kier molecular flexibility index (Phi) is 20.3. The molecule has 15 nitrogen and oxygen atoms in total. The Bertz CT molecular complexity index is 1760. The van der Waals surface area contributed by atoms with Crippen LogP contribution in [-0.4, -0.2) is 115 Å². The molecule has 18 heteroatoms. The van der Waals surface area contributed by atoms with Gasteiger partial charge in [0.2, 0.25) is 18.1 Å². The molecule has 0 spiro atoms. The van der Waals surface area contributed by atoms with Crippen LogP contribution in [0.1, 0.15) is 108 Å². The highest BCUT2D eigenvalue weighted by molar-refractivity contribution is 5.98. The highest BCUT2D eigenvalue weighted by Crippen LogP contribution is 2.27. The number of ether oxygens (including phenoxy) is 1. The molecule has 2 aromatic rings. The van der Waals surface area contributed by atoms with E-state index in [1.165, 1.54) is 24.8 Å². The number of nitrogens with one attached hydrogen (secondary N) is 1. The number of carbonyl (C=O) groups is 6. The molecule has 3 amide bonds. The summed E-state index contributed by atoms with van der Waals surface area (Å²) in [4.78, 5) is 76.8. The van der Waals surface area contributed by atoms with Crippen LogP contribution in [0.5, 0.6) is 0 Å². The van der Waals surface area contributed by atoms with Crippen LogP contribution >= 0.6 is 0 Å². The first kappa shape index (κ1) is 52.0. The SMILES string of the molecule is C.C.CC(C)(C)OC(=O)N1CCC(C(=O)N2CCC(C(=O)c3ccc[n+]([O-])c3)CC2)CC1.O=C(c1ccc[n+]([O-])c1)C1CCN(C(=O)C2CCNCC2)CC1.O=CC(F)(F)F. The van der Waals surface area contributed by atoms with E-state index in [9.17, 15) is 47.6 Å². The summed E-state index contributed by atoms with van der Waals surface area (Å²) < 4.78 is 37.9. The lowest BCUT2D eigenvalue weighted by Gasteiger charge is -2.37. The van der Waals surface area contributed by atoms with Gasteiger partial charge in [-0.15, -0.1) is 0 Å². The largest absolute Gasteiger partial charge is 0.619 e. The highest BCUT2D eigenvalue weighted by Gasteiger charge is 2.36. The quantitative estimate of drug-likeness (QED) is 0.176. The number of hydrogen-bond donors (Lipinski definition) is 1. The van der Waals surface area contributed by atoms with Crippen LogP contribution < -0.4 is 14.8 Å². The van der Waals surface area contributed by atoms with Gasteiger partial charge in [-0.2, -0.15) is 22.6 Å². The summed E-state index contributed by atoms with van der Waals surface area (Å²) in [6.07, 6.45) is 4.99. The summed E-state index contributed by atoms with van der Waals surface area (Å²) in [6, 6.07) is 6.51. The molecular formula is C43H63F3N6O9. The molecule has 4 saturated heterocycles. The number of rotatable bonds is 6. The topological polar surface area (TPSA) is 187 Å². The summed E-state index contributed by atoms with van der Waals surface area (Å²) in [5.41, 5.74) is 0.358. The monoisotopic (exact) mass is 864 g/mol. The van der Waals surface area contributed by atoms with Crippen molar-refractivity contribution in [2.24, 2.45) is 23.7 Å². The molecule has 61 heavy (non-hydrogen) atoms. The summed E-state index contributed by atoms with van der Waals surface area (Å²) in [5.74, 6) is 0.139. The van der Waals surface area contributed by atoms with E-state index in [0.717, 1.165) is 25.9 Å². The third kappa shape index (κ3) is 16.3. The van der Waals surface area contributed by atoms with E-state index >= 15 is 0 Å². The van der Waals surface area contributed by atoms with Crippen LogP contribution in [0, 0.1) is 34.1 Å². The fourth-order valence-corrected chi connectivity index (χ4v) is 7.62. The second kappa shape index (κ2) is 23.8. The predicted octanol–water partition coefficient (Wildman–Crippen LogP) is 5.15. The van der Waals surface area contributed by atoms with Crippen LogP contribution in [0.2, 0.25) is 0 Å². The van der Waals surface area contributed by atoms with Gasteiger partial charge in [-0.25, -0.2) is 4.79 Å². The number of hydrogen-bond acceptors (Lipinski definition) is 10. The molecule has 0 saturated carbocycles. The van der Waals surface area contributed by atoms with Gasteiger partial charge in [0.15, 0.2) is 36.4 Å². The zero-order valence-corrected chi connectivity index (χ0v) is 33.9. The molecule has 0 aliphatic carbocycles. The molecule has 0 aromatic carbocycles. The first-order chi connectivity index (χ1) is 27.8. The zero-order valence-electron chi connectivity index (χ0n) is 33.9. The average molecular weight is 865 g/mol. The number of nitrogens with zero attached hydrogens (tertiary/aromatic N) is 5. The molecule has 2 aromatic heterocycles. The molecule has 4 aliphatic heterocycles. The fourth-order valence-electron chi connectivity index (χ4n) is 7.62. The lowest BCUT2D eigenvalue weighted by atomic mass is 9.88. The number of aldehydes is 1. The predicted molar refractivity (Wildman–Crippen MR) is 220 cm³/mol. The second-order valence-corrected chi connectivity index (χ2v) is 16.3. The van der Waals surface area contributed by atoms with E-state index in [2.05, 4.69) is 5.32 Å². The normalized spacial score (nSPS) is 18.1. The minimum Gasteiger partial charge on any atom is -0.619 e. The van der Waals surface area contributed by atoms with Crippen molar-refractivity contribution in [3.05, 3.63) is 70.6 Å². The Labute approximate surface area is 356 Å². The van der Waals surface area contributed by atoms with Crippen molar-refractivity contribution in [1.82, 2.24) is 20.0 Å². The standard InChI is InChI=1S/C22H31N3O5.C17H23N3O3.C2HF3O.2CH4/c1-22(2,3)30-21(28)24-13-8-17(9-14-24)20(27)23-11-6-16(7-12-23)19(26)18-5-4-10-25(29)15-18;21-16(15-2-1-9-20(23)12-15)13-5-10-19(11-6-13)17(22)14-3-7-18-8-4-14;3-2(4,5)1-6;;/h4-5,10,15-17H,6-9,11-14H2,1-3H3;1-2,9,12-14,18H,3-8,10-11H2;1H;2*1H4. The number of halogens is 3. The lowest BCUT2D eigenvalue weighted by Crippen LogP contribution is -2.48. The number of Topliss-reactive ketones (excluding diaryl/α,β-unsaturated/α-hetero) is 2. The summed E-state index contributed by atoms with van der Waals surface area (Å²) in [5, 5.41) is 26.0. The Morgan fingerprint density at radius 3 is 1.34 bits per heavy atom. The number of pyridine rings is 2. The Hall–Kier alpha value is -5.13. The van der Waals surface area contributed by atoms with E-state index in [1.807, 2.05) is 30.6 Å². The van der Waals surface area contributed by atoms with E-state index in [1.54, 1.807) is 29.2 Å². The van der Waals surface area contributed by atoms with Crippen molar-refractivity contribution in [2.45, 2.75) is 98.8 Å². The summed E-state index contributed by atoms with van der Waals surface area (Å²) in [6.45, 7) is 10.8. The van der Waals surface area contributed by atoms with E-state index in [-0.39, 0.29) is 68.0 Å². The number of ketones is 2. The molecule has 0 bridgehead atoms. The third-order valence-corrected chi connectivity index (χ3v) is 10.8. The van der Waals surface area contributed by atoms with Gasteiger partial charge in [0.25, 0.3) is 0 Å². The maximum atomic E-state index is 12.9. The molecular weight excluding hydrogens is 802 g/mol. The van der Waals surface area contributed by atoms with Gasteiger partial charge in [-0.05, 0) is 97.4 Å². The van der Waals surface area contributed by atoms with Crippen molar-refractivity contribution in [1.29, 1.82) is 0 Å². The molecule has 0 unspecified atom stereocenters. The number of aromatic nitrogens is 2. The van der Waals surface area contributed by atoms with Crippen LogP contribution in [-0.2, 0) is 19.1 Å². The number of amides is 3. The maximum absolute atomic E-state index is 12.9. The van der Waals surface area contributed by atoms with Crippen molar-refractivity contribution >= 4 is 35.8 Å². The minimum absolute atomic E-state index is 0. The Morgan fingerprint density at radius 1 is 0.656 bits per heavy atom. The van der Waals surface area contributed by atoms with Gasteiger partial charge in [-0.1, -0.05) is 14.9 Å². The highest BCUT2D eigenvalue weighted by atomic mass is 19.4. The summed E-state index contributed by atoms with van der Waals surface area (Å²) in [7, 11) is 0. The van der Waals surface area contributed by atoms with Gasteiger partial charge >= 0.3 is 12.3 Å². The first-order valence-corrected chi connectivity index (χ1v) is 20.1. The van der Waals surface area contributed by atoms with E-state index in [4.69, 9.17) is 9.53 Å². The number of carbonyl (C=O) groups excluding carboxylic acids is 6. The van der Waals surface area contributed by atoms with Crippen molar-refractivity contribution in [3.63, 3.8) is 0 Å². The molecule has 340 valence electrons. The maximum Gasteiger partial charge on any atom is 0.446 e. The van der Waals surface area contributed by atoms with E-state index < -0.39 is 18.1 Å². The zero-order chi connectivity index (χ0) is 43.3. The van der Waals surface area contributed by atoms with Gasteiger partial charge in [-0.3, -0.25) is 24.0 Å². The van der Waals surface area contributed by atoms with Crippen LogP contribution in [0.4, 0.5) is 18.0 Å². The fraction of sp³-hybridized carbons (Fsp3) is 0.628. The van der Waals surface area contributed by atoms with Crippen molar-refractivity contribution in [3.8, 4) is 0 Å². The van der Waals surface area contributed by atoms with E-state index in [0.29, 0.717) is 98.4 Å². The number of likely N-dealkylation sites (tertiary alicyclic amines) is 3. The Morgan fingerprint density at radius 2 is 1.00 bits per heavy atom. The van der Waals surface area contributed by atoms with Gasteiger partial charge < -0.3 is 35.2 Å². The minimum atomic E-state index is -4.64. The van der Waals surface area contributed by atoms with Crippen LogP contribution in [0.3, 0.4) is 0 Å². The smallest absolute Gasteiger partial charge is 0.446 e.